The third-order valence-corrected chi connectivity index (χ3v) is 12.7. The Bertz CT molecular complexity index is 905. The van der Waals surface area contributed by atoms with Crippen molar-refractivity contribution in [3.8, 4) is 0 Å². The first-order chi connectivity index (χ1) is 29.4. The highest BCUT2D eigenvalue weighted by atomic mass is 16.6. The van der Waals surface area contributed by atoms with Gasteiger partial charge in [-0.25, -0.2) is 0 Å². The van der Waals surface area contributed by atoms with Crippen molar-refractivity contribution >= 4 is 17.9 Å². The summed E-state index contributed by atoms with van der Waals surface area (Å²) in [4.78, 5) is 38.0. The van der Waals surface area contributed by atoms with Gasteiger partial charge in [0.1, 0.15) is 13.2 Å². The summed E-state index contributed by atoms with van der Waals surface area (Å²) < 4.78 is 16.8. The summed E-state index contributed by atoms with van der Waals surface area (Å²) in [7, 11) is 0. The van der Waals surface area contributed by atoms with Crippen molar-refractivity contribution in [2.24, 2.45) is 5.92 Å². The van der Waals surface area contributed by atoms with Gasteiger partial charge in [0.15, 0.2) is 6.10 Å². The summed E-state index contributed by atoms with van der Waals surface area (Å²) in [6.07, 6.45) is 50.8. The number of esters is 3. The lowest BCUT2D eigenvalue weighted by atomic mass is 9.99. The van der Waals surface area contributed by atoms with Crippen molar-refractivity contribution in [2.45, 2.75) is 310 Å². The Morgan fingerprint density at radius 3 is 0.867 bits per heavy atom. The van der Waals surface area contributed by atoms with E-state index in [9.17, 15) is 14.4 Å². The zero-order chi connectivity index (χ0) is 43.8. The summed E-state index contributed by atoms with van der Waals surface area (Å²) in [5, 5.41) is 0. The maximum absolute atomic E-state index is 12.8. The van der Waals surface area contributed by atoms with Crippen LogP contribution in [-0.2, 0) is 28.6 Å². The Kier molecular flexibility index (Phi) is 47.2. The van der Waals surface area contributed by atoms with E-state index in [4.69, 9.17) is 14.2 Å². The van der Waals surface area contributed by atoms with E-state index in [1.54, 1.807) is 0 Å². The highest BCUT2D eigenvalue weighted by Crippen LogP contribution is 2.18. The number of unbranched alkanes of at least 4 members (excludes halogenated alkanes) is 35. The van der Waals surface area contributed by atoms with Gasteiger partial charge in [0, 0.05) is 19.3 Å². The van der Waals surface area contributed by atoms with Crippen LogP contribution in [0.4, 0.5) is 0 Å². The smallest absolute Gasteiger partial charge is 0.306 e. The topological polar surface area (TPSA) is 78.9 Å². The Labute approximate surface area is 374 Å². The predicted molar refractivity (Wildman–Crippen MR) is 257 cm³/mol. The van der Waals surface area contributed by atoms with Crippen molar-refractivity contribution < 1.29 is 28.6 Å². The molecule has 0 saturated carbocycles. The summed E-state index contributed by atoms with van der Waals surface area (Å²) >= 11 is 0. The molecular formula is C54H104O6. The van der Waals surface area contributed by atoms with E-state index in [-0.39, 0.29) is 31.1 Å². The molecule has 6 heteroatoms. The molecule has 356 valence electrons. The number of ether oxygens (including phenoxy) is 3. The molecule has 0 fully saturated rings. The minimum absolute atomic E-state index is 0.0627. The van der Waals surface area contributed by atoms with Crippen molar-refractivity contribution in [1.29, 1.82) is 0 Å². The molecular weight excluding hydrogens is 745 g/mol. The Balaban J connectivity index is 4.29. The fourth-order valence-corrected chi connectivity index (χ4v) is 8.19. The molecule has 0 radical (unpaired) electrons. The number of hydrogen-bond donors (Lipinski definition) is 0. The molecule has 0 aliphatic rings. The molecule has 0 aliphatic carbocycles. The maximum Gasteiger partial charge on any atom is 0.306 e. The van der Waals surface area contributed by atoms with Crippen LogP contribution in [0.1, 0.15) is 304 Å². The lowest BCUT2D eigenvalue weighted by Crippen LogP contribution is -2.30. The van der Waals surface area contributed by atoms with Crippen LogP contribution >= 0.6 is 0 Å². The molecule has 2 atom stereocenters. The molecule has 0 amide bonds. The van der Waals surface area contributed by atoms with Gasteiger partial charge in [-0.2, -0.15) is 0 Å². The Morgan fingerprint density at radius 1 is 0.333 bits per heavy atom. The minimum Gasteiger partial charge on any atom is -0.462 e. The van der Waals surface area contributed by atoms with Crippen LogP contribution in [0.5, 0.6) is 0 Å². The Hall–Kier alpha value is -1.59. The van der Waals surface area contributed by atoms with Gasteiger partial charge in [0.05, 0.1) is 0 Å². The highest BCUT2D eigenvalue weighted by Gasteiger charge is 2.19. The van der Waals surface area contributed by atoms with E-state index in [0.717, 1.165) is 63.7 Å². The molecule has 0 aliphatic heterocycles. The van der Waals surface area contributed by atoms with Gasteiger partial charge in [0.25, 0.3) is 0 Å². The van der Waals surface area contributed by atoms with Crippen molar-refractivity contribution in [3.05, 3.63) is 0 Å². The van der Waals surface area contributed by atoms with Gasteiger partial charge in [-0.1, -0.05) is 265 Å². The average Bonchev–Trinajstić information content (AvgIpc) is 3.25. The zero-order valence-corrected chi connectivity index (χ0v) is 40.9. The fourth-order valence-electron chi connectivity index (χ4n) is 8.19. The van der Waals surface area contributed by atoms with Crippen LogP contribution in [0.15, 0.2) is 0 Å². The van der Waals surface area contributed by atoms with Gasteiger partial charge in [-0.05, 0) is 25.2 Å². The molecule has 1 unspecified atom stereocenters. The quantitative estimate of drug-likeness (QED) is 0.0345. The molecule has 0 bridgehead atoms. The van der Waals surface area contributed by atoms with E-state index >= 15 is 0 Å². The fraction of sp³-hybridized carbons (Fsp3) is 0.944. The SMILES string of the molecule is CCCCCCCCCCCCCCCCCCCC(=O)O[C@H](COC(=O)CCCCCCCCCCCCC)COC(=O)CCCCCCCCCCCCC(C)CC. The van der Waals surface area contributed by atoms with Crippen molar-refractivity contribution in [1.82, 2.24) is 0 Å². The average molecular weight is 849 g/mol. The predicted octanol–water partition coefficient (Wildman–Crippen LogP) is 17.5. The van der Waals surface area contributed by atoms with Gasteiger partial charge in [-0.15, -0.1) is 0 Å². The molecule has 0 saturated heterocycles. The largest absolute Gasteiger partial charge is 0.462 e. The molecule has 0 rings (SSSR count). The van der Waals surface area contributed by atoms with Crippen molar-refractivity contribution in [2.75, 3.05) is 13.2 Å². The van der Waals surface area contributed by atoms with E-state index in [0.29, 0.717) is 19.3 Å². The third kappa shape index (κ3) is 45.9. The van der Waals surface area contributed by atoms with Crippen LogP contribution < -0.4 is 0 Å². The first-order valence-electron chi connectivity index (χ1n) is 26.9. The van der Waals surface area contributed by atoms with Crippen LogP contribution in [0.2, 0.25) is 0 Å². The van der Waals surface area contributed by atoms with Crippen LogP contribution in [0.3, 0.4) is 0 Å². The molecule has 6 nitrogen and oxygen atoms in total. The zero-order valence-electron chi connectivity index (χ0n) is 40.9. The Morgan fingerprint density at radius 2 is 0.583 bits per heavy atom. The number of carbonyl (C=O) groups excluding carboxylic acids is 3. The molecule has 0 aromatic heterocycles. The normalized spacial score (nSPS) is 12.4. The maximum atomic E-state index is 12.8. The van der Waals surface area contributed by atoms with Gasteiger partial charge in [-0.3, -0.25) is 14.4 Å². The van der Waals surface area contributed by atoms with Crippen molar-refractivity contribution in [3.63, 3.8) is 0 Å². The second-order valence-electron chi connectivity index (χ2n) is 18.8. The second-order valence-corrected chi connectivity index (χ2v) is 18.8. The highest BCUT2D eigenvalue weighted by molar-refractivity contribution is 5.71. The van der Waals surface area contributed by atoms with E-state index in [1.807, 2.05) is 0 Å². The first kappa shape index (κ1) is 58.4. The lowest BCUT2D eigenvalue weighted by Gasteiger charge is -2.18. The first-order valence-corrected chi connectivity index (χ1v) is 26.9. The summed E-state index contributed by atoms with van der Waals surface area (Å²) in [6.45, 7) is 9.05. The molecule has 60 heavy (non-hydrogen) atoms. The second kappa shape index (κ2) is 48.4. The lowest BCUT2D eigenvalue weighted by molar-refractivity contribution is -0.167. The molecule has 0 spiro atoms. The van der Waals surface area contributed by atoms with Crippen LogP contribution in [-0.4, -0.2) is 37.2 Å². The monoisotopic (exact) mass is 849 g/mol. The number of hydrogen-bond acceptors (Lipinski definition) is 6. The van der Waals surface area contributed by atoms with E-state index in [1.165, 1.54) is 199 Å². The molecule has 0 aromatic carbocycles. The molecule has 0 heterocycles. The van der Waals surface area contributed by atoms with Gasteiger partial charge < -0.3 is 14.2 Å². The van der Waals surface area contributed by atoms with E-state index in [2.05, 4.69) is 27.7 Å². The van der Waals surface area contributed by atoms with Gasteiger partial charge in [0.2, 0.25) is 0 Å². The summed E-state index contributed by atoms with van der Waals surface area (Å²) in [5.41, 5.74) is 0. The van der Waals surface area contributed by atoms with Crippen LogP contribution in [0, 0.1) is 5.92 Å². The van der Waals surface area contributed by atoms with Crippen LogP contribution in [0.25, 0.3) is 0 Å². The molecule has 0 aromatic rings. The minimum atomic E-state index is -0.761. The summed E-state index contributed by atoms with van der Waals surface area (Å²) in [5.74, 6) is 0.0272. The number of carbonyl (C=O) groups is 3. The molecule has 0 N–H and O–H groups in total. The summed E-state index contributed by atoms with van der Waals surface area (Å²) in [6, 6.07) is 0. The van der Waals surface area contributed by atoms with E-state index < -0.39 is 6.10 Å². The number of rotatable bonds is 49. The van der Waals surface area contributed by atoms with Gasteiger partial charge >= 0.3 is 17.9 Å². The standard InChI is InChI=1S/C54H104O6/c1-5-8-10-12-14-16-18-19-20-21-22-23-25-31-35-39-43-47-54(57)60-51(48-58-52(55)45-41-37-33-29-24-17-15-13-11-9-6-2)49-59-53(56)46-42-38-34-30-27-26-28-32-36-40-44-50(4)7-3/h50-51H,5-49H2,1-4H3/t50?,51-/m1/s1. The third-order valence-electron chi connectivity index (χ3n) is 12.7.